The number of Topliss-reactive ketones (excluding diaryl/α,β-unsaturated/α-hetero) is 1. The minimum atomic E-state index is -0.364. The van der Waals surface area contributed by atoms with Gasteiger partial charge in [-0.3, -0.25) is 4.79 Å². The summed E-state index contributed by atoms with van der Waals surface area (Å²) in [4.78, 5) is 23.5. The maximum atomic E-state index is 12.0. The molecule has 2 rings (SSSR count). The van der Waals surface area contributed by atoms with Crippen LogP contribution in [0.1, 0.15) is 32.8 Å². The highest BCUT2D eigenvalue weighted by atomic mass is 16.4. The Morgan fingerprint density at radius 2 is 1.89 bits per heavy atom. The molecule has 0 spiro atoms. The monoisotopic (exact) mass is 258 g/mol. The van der Waals surface area contributed by atoms with Crippen LogP contribution < -0.4 is 5.63 Å². The molecule has 3 nitrogen and oxygen atoms in total. The van der Waals surface area contributed by atoms with Crippen LogP contribution in [-0.2, 0) is 11.2 Å². The predicted molar refractivity (Wildman–Crippen MR) is 75.3 cm³/mol. The molecule has 0 saturated heterocycles. The number of benzene rings is 1. The number of para-hydroxylation sites is 1. The standard InChI is InChI=1S/C16H18O3/c1-16(2,3)14(17)9-8-11-10-15(18)19-13-7-5-4-6-12(11)13/h4-7,10H,8-9H2,1-3H3. The number of fused-ring (bicyclic) bond motifs is 1. The summed E-state index contributed by atoms with van der Waals surface area (Å²) in [7, 11) is 0. The van der Waals surface area contributed by atoms with Gasteiger partial charge in [0.25, 0.3) is 0 Å². The van der Waals surface area contributed by atoms with Crippen molar-refractivity contribution in [2.45, 2.75) is 33.6 Å². The van der Waals surface area contributed by atoms with E-state index in [4.69, 9.17) is 4.42 Å². The van der Waals surface area contributed by atoms with Crippen molar-refractivity contribution in [3.63, 3.8) is 0 Å². The minimum Gasteiger partial charge on any atom is -0.423 e. The summed E-state index contributed by atoms with van der Waals surface area (Å²) < 4.78 is 5.14. The van der Waals surface area contributed by atoms with Gasteiger partial charge in [0.05, 0.1) is 0 Å². The molecule has 0 aliphatic rings. The van der Waals surface area contributed by atoms with Gasteiger partial charge in [-0.05, 0) is 18.1 Å². The average molecular weight is 258 g/mol. The van der Waals surface area contributed by atoms with Crippen molar-refractivity contribution in [1.82, 2.24) is 0 Å². The third-order valence-electron chi connectivity index (χ3n) is 3.19. The lowest BCUT2D eigenvalue weighted by molar-refractivity contribution is -0.126. The third kappa shape index (κ3) is 3.11. The van der Waals surface area contributed by atoms with Crippen molar-refractivity contribution in [1.29, 1.82) is 0 Å². The molecule has 1 aromatic heterocycles. The molecule has 0 unspecified atom stereocenters. The van der Waals surface area contributed by atoms with Crippen LogP contribution in [0.15, 0.2) is 39.5 Å². The van der Waals surface area contributed by atoms with Crippen LogP contribution in [0.5, 0.6) is 0 Å². The van der Waals surface area contributed by atoms with E-state index in [9.17, 15) is 9.59 Å². The van der Waals surface area contributed by atoms with Crippen molar-refractivity contribution in [2.75, 3.05) is 0 Å². The Morgan fingerprint density at radius 3 is 2.58 bits per heavy atom. The number of ketones is 1. The second-order valence-corrected chi connectivity index (χ2v) is 5.76. The molecular formula is C16H18O3. The van der Waals surface area contributed by atoms with Gasteiger partial charge in [-0.15, -0.1) is 0 Å². The van der Waals surface area contributed by atoms with Crippen molar-refractivity contribution in [3.05, 3.63) is 46.3 Å². The molecule has 1 heterocycles. The second kappa shape index (κ2) is 5.00. The lowest BCUT2D eigenvalue weighted by Gasteiger charge is -2.16. The highest BCUT2D eigenvalue weighted by molar-refractivity contribution is 5.85. The number of hydrogen-bond donors (Lipinski definition) is 0. The third-order valence-corrected chi connectivity index (χ3v) is 3.19. The Hall–Kier alpha value is -1.90. The summed E-state index contributed by atoms with van der Waals surface area (Å²) in [5.41, 5.74) is 0.754. The van der Waals surface area contributed by atoms with E-state index in [1.807, 2.05) is 39.0 Å². The van der Waals surface area contributed by atoms with E-state index in [1.165, 1.54) is 6.07 Å². The fourth-order valence-electron chi connectivity index (χ4n) is 2.01. The van der Waals surface area contributed by atoms with E-state index < -0.39 is 0 Å². The maximum Gasteiger partial charge on any atom is 0.336 e. The van der Waals surface area contributed by atoms with Gasteiger partial charge in [-0.2, -0.15) is 0 Å². The van der Waals surface area contributed by atoms with Crippen LogP contribution in [0.2, 0.25) is 0 Å². The molecule has 0 N–H and O–H groups in total. The summed E-state index contributed by atoms with van der Waals surface area (Å²) in [6.45, 7) is 5.73. The summed E-state index contributed by atoms with van der Waals surface area (Å²) >= 11 is 0. The maximum absolute atomic E-state index is 12.0. The van der Waals surface area contributed by atoms with Crippen LogP contribution in [0.4, 0.5) is 0 Å². The average Bonchev–Trinajstić information content (AvgIpc) is 2.34. The van der Waals surface area contributed by atoms with Crippen LogP contribution in [0.25, 0.3) is 11.0 Å². The highest BCUT2D eigenvalue weighted by Gasteiger charge is 2.20. The Balaban J connectivity index is 2.31. The number of carbonyl (C=O) groups is 1. The van der Waals surface area contributed by atoms with Gasteiger partial charge in [0.1, 0.15) is 11.4 Å². The quantitative estimate of drug-likeness (QED) is 0.793. The lowest BCUT2D eigenvalue weighted by Crippen LogP contribution is -2.20. The first-order valence-electron chi connectivity index (χ1n) is 6.43. The van der Waals surface area contributed by atoms with Crippen molar-refractivity contribution in [3.8, 4) is 0 Å². The molecule has 1 aromatic carbocycles. The Kier molecular flexibility index (Phi) is 3.56. The molecule has 0 fully saturated rings. The van der Waals surface area contributed by atoms with E-state index in [0.29, 0.717) is 18.4 Å². The van der Waals surface area contributed by atoms with E-state index in [2.05, 4.69) is 0 Å². The number of hydrogen-bond acceptors (Lipinski definition) is 3. The number of aryl methyl sites for hydroxylation is 1. The molecule has 2 aromatic rings. The Labute approximate surface area is 112 Å². The van der Waals surface area contributed by atoms with E-state index in [1.54, 1.807) is 6.07 Å². The van der Waals surface area contributed by atoms with Gasteiger partial charge in [0.15, 0.2) is 0 Å². The molecule has 3 heteroatoms. The highest BCUT2D eigenvalue weighted by Crippen LogP contribution is 2.21. The minimum absolute atomic E-state index is 0.199. The molecule has 0 saturated carbocycles. The topological polar surface area (TPSA) is 47.3 Å². The van der Waals surface area contributed by atoms with E-state index in [0.717, 1.165) is 10.9 Å². The number of rotatable bonds is 3. The van der Waals surface area contributed by atoms with Crippen molar-refractivity contribution in [2.24, 2.45) is 5.41 Å². The summed E-state index contributed by atoms with van der Waals surface area (Å²) in [6, 6.07) is 8.89. The van der Waals surface area contributed by atoms with Crippen LogP contribution in [0.3, 0.4) is 0 Å². The van der Waals surface area contributed by atoms with Gasteiger partial charge >= 0.3 is 5.63 Å². The van der Waals surface area contributed by atoms with Gasteiger partial charge in [0, 0.05) is 23.3 Å². The molecule has 0 amide bonds. The molecule has 0 bridgehead atoms. The molecule has 0 aliphatic carbocycles. The molecule has 0 radical (unpaired) electrons. The van der Waals surface area contributed by atoms with Gasteiger partial charge < -0.3 is 4.42 Å². The van der Waals surface area contributed by atoms with Crippen molar-refractivity contribution < 1.29 is 9.21 Å². The first kappa shape index (κ1) is 13.5. The SMILES string of the molecule is CC(C)(C)C(=O)CCc1cc(=O)oc2ccccc12. The molecule has 19 heavy (non-hydrogen) atoms. The second-order valence-electron chi connectivity index (χ2n) is 5.76. The Morgan fingerprint density at radius 1 is 1.21 bits per heavy atom. The molecule has 0 aliphatic heterocycles. The molecule has 0 atom stereocenters. The predicted octanol–water partition coefficient (Wildman–Crippen LogP) is 3.34. The Bertz CT molecular complexity index is 659. The van der Waals surface area contributed by atoms with Crippen LogP contribution >= 0.6 is 0 Å². The fraction of sp³-hybridized carbons (Fsp3) is 0.375. The van der Waals surface area contributed by atoms with E-state index in [-0.39, 0.29) is 16.8 Å². The summed E-state index contributed by atoms with van der Waals surface area (Å²) in [5.74, 6) is 0.199. The number of carbonyl (C=O) groups excluding carboxylic acids is 1. The first-order chi connectivity index (χ1) is 8.88. The largest absolute Gasteiger partial charge is 0.423 e. The molecule has 100 valence electrons. The van der Waals surface area contributed by atoms with Crippen LogP contribution in [-0.4, -0.2) is 5.78 Å². The molecular weight excluding hydrogens is 240 g/mol. The zero-order valence-corrected chi connectivity index (χ0v) is 11.5. The lowest BCUT2D eigenvalue weighted by atomic mass is 9.87. The summed E-state index contributed by atoms with van der Waals surface area (Å²) in [6.07, 6.45) is 1.01. The first-order valence-corrected chi connectivity index (χ1v) is 6.43. The van der Waals surface area contributed by atoms with Crippen LogP contribution in [0, 0.1) is 5.41 Å². The van der Waals surface area contributed by atoms with Gasteiger partial charge in [0.2, 0.25) is 0 Å². The summed E-state index contributed by atoms with van der Waals surface area (Å²) in [5, 5.41) is 0.906. The van der Waals surface area contributed by atoms with Gasteiger partial charge in [-0.1, -0.05) is 39.0 Å². The van der Waals surface area contributed by atoms with Gasteiger partial charge in [-0.25, -0.2) is 4.79 Å². The normalized spacial score (nSPS) is 11.7. The zero-order chi connectivity index (χ0) is 14.0. The smallest absolute Gasteiger partial charge is 0.336 e. The fourth-order valence-corrected chi connectivity index (χ4v) is 2.01. The van der Waals surface area contributed by atoms with Crippen molar-refractivity contribution >= 4 is 16.8 Å². The zero-order valence-electron chi connectivity index (χ0n) is 11.5. The van der Waals surface area contributed by atoms with E-state index >= 15 is 0 Å².